The van der Waals surface area contributed by atoms with Gasteiger partial charge in [0, 0.05) is 23.0 Å². The van der Waals surface area contributed by atoms with Gasteiger partial charge >= 0.3 is 0 Å². The minimum atomic E-state index is -0.944. The Balaban J connectivity index is 1.37. The number of nitrogens with one attached hydrogen (secondary N) is 1. The molecule has 0 radical (unpaired) electrons. The van der Waals surface area contributed by atoms with E-state index in [0.29, 0.717) is 23.5 Å². The van der Waals surface area contributed by atoms with Gasteiger partial charge in [-0.1, -0.05) is 17.3 Å². The maximum atomic E-state index is 14.8. The van der Waals surface area contributed by atoms with Crippen LogP contribution in [0.1, 0.15) is 39.8 Å². The lowest BCUT2D eigenvalue weighted by Crippen LogP contribution is -2.15. The van der Waals surface area contributed by atoms with Gasteiger partial charge in [-0.2, -0.15) is 4.98 Å². The fourth-order valence-corrected chi connectivity index (χ4v) is 3.59. The Morgan fingerprint density at radius 1 is 1.38 bits per heavy atom. The summed E-state index contributed by atoms with van der Waals surface area (Å²) in [4.78, 5) is 21.3. The normalized spacial score (nSPS) is 17.3. The lowest BCUT2D eigenvalue weighted by atomic mass is 10.1. The third-order valence-electron chi connectivity index (χ3n) is 5.64. The van der Waals surface area contributed by atoms with Gasteiger partial charge < -0.3 is 19.7 Å². The number of aryl methyl sites for hydroxylation is 1. The second-order valence-corrected chi connectivity index (χ2v) is 8.07. The van der Waals surface area contributed by atoms with Crippen molar-refractivity contribution in [2.24, 2.45) is 0 Å². The van der Waals surface area contributed by atoms with Crippen molar-refractivity contribution < 1.29 is 27.9 Å². The molecule has 0 spiro atoms. The van der Waals surface area contributed by atoms with Crippen LogP contribution in [-0.4, -0.2) is 49.9 Å². The van der Waals surface area contributed by atoms with Crippen LogP contribution in [0, 0.1) is 12.7 Å². The number of hydrogen-bond donors (Lipinski definition) is 2. The lowest BCUT2D eigenvalue weighted by molar-refractivity contribution is 0.0799. The molecule has 2 N–H and O–H groups in total. The van der Waals surface area contributed by atoms with Gasteiger partial charge in [-0.25, -0.2) is 13.8 Å². The van der Waals surface area contributed by atoms with Crippen molar-refractivity contribution in [1.82, 2.24) is 19.5 Å². The summed E-state index contributed by atoms with van der Waals surface area (Å²) in [6, 6.07) is 6.77. The Kier molecular flexibility index (Phi) is 5.80. The standard InChI is InChI=1S/C23H21F2N5O4/c1-12-2-3-13(20-28-23(34-29-20)15-9-16(15)24)8-17(12)27-22(32)18-10-26-21-19(25)14(4-5-30(18)21)11-33-7-6-31/h2-5,8,10,15-16,31H,6-7,9,11H2,1H3,(H,27,32)/t15-,16-/m0/s1. The highest BCUT2D eigenvalue weighted by atomic mass is 19.1. The Morgan fingerprint density at radius 2 is 2.21 bits per heavy atom. The lowest BCUT2D eigenvalue weighted by Gasteiger charge is -2.10. The van der Waals surface area contributed by atoms with Gasteiger partial charge in [0.1, 0.15) is 11.9 Å². The fraction of sp³-hybridized carbons (Fsp3) is 0.304. The zero-order valence-corrected chi connectivity index (χ0v) is 18.2. The number of ether oxygens (including phenoxy) is 1. The average molecular weight is 469 g/mol. The van der Waals surface area contributed by atoms with Crippen molar-refractivity contribution in [3.05, 3.63) is 65.2 Å². The van der Waals surface area contributed by atoms with Gasteiger partial charge in [-0.15, -0.1) is 0 Å². The molecular weight excluding hydrogens is 448 g/mol. The number of alkyl halides is 1. The van der Waals surface area contributed by atoms with Crippen LogP contribution in [-0.2, 0) is 11.3 Å². The van der Waals surface area contributed by atoms with E-state index in [1.807, 2.05) is 6.92 Å². The van der Waals surface area contributed by atoms with E-state index in [9.17, 15) is 13.6 Å². The summed E-state index contributed by atoms with van der Waals surface area (Å²) in [6.45, 7) is 1.73. The predicted molar refractivity (Wildman–Crippen MR) is 117 cm³/mol. The van der Waals surface area contributed by atoms with Gasteiger partial charge in [-0.3, -0.25) is 9.20 Å². The van der Waals surface area contributed by atoms with Crippen LogP contribution in [0.25, 0.3) is 17.0 Å². The number of carbonyl (C=O) groups is 1. The monoisotopic (exact) mass is 469 g/mol. The number of pyridine rings is 1. The quantitative estimate of drug-likeness (QED) is 0.380. The van der Waals surface area contributed by atoms with Crippen LogP contribution >= 0.6 is 0 Å². The molecule has 0 aliphatic heterocycles. The van der Waals surface area contributed by atoms with E-state index in [2.05, 4.69) is 20.4 Å². The molecule has 4 aromatic rings. The molecule has 1 aliphatic carbocycles. The molecule has 3 heterocycles. The first-order valence-corrected chi connectivity index (χ1v) is 10.7. The highest BCUT2D eigenvalue weighted by molar-refractivity contribution is 6.04. The third-order valence-corrected chi connectivity index (χ3v) is 5.64. The second-order valence-electron chi connectivity index (χ2n) is 8.07. The van der Waals surface area contributed by atoms with E-state index in [1.54, 1.807) is 18.2 Å². The number of benzene rings is 1. The summed E-state index contributed by atoms with van der Waals surface area (Å²) in [6.07, 6.45) is 2.27. The summed E-state index contributed by atoms with van der Waals surface area (Å²) >= 11 is 0. The number of nitrogens with zero attached hydrogens (tertiary/aromatic N) is 4. The van der Waals surface area contributed by atoms with Crippen molar-refractivity contribution in [2.45, 2.75) is 32.0 Å². The Bertz CT molecular complexity index is 1370. The zero-order chi connectivity index (χ0) is 23.8. The molecule has 3 aromatic heterocycles. The van der Waals surface area contributed by atoms with E-state index in [4.69, 9.17) is 14.4 Å². The summed E-state index contributed by atoms with van der Waals surface area (Å²) in [5.74, 6) is -0.858. The molecule has 0 bridgehead atoms. The SMILES string of the molecule is Cc1ccc(-c2noc([C@H]3C[C@@H]3F)n2)cc1NC(=O)c1cnc2c(F)c(COCCO)ccn12. The maximum Gasteiger partial charge on any atom is 0.274 e. The number of anilines is 1. The molecule has 11 heteroatoms. The summed E-state index contributed by atoms with van der Waals surface area (Å²) in [7, 11) is 0. The van der Waals surface area contributed by atoms with Gasteiger partial charge in [0.2, 0.25) is 11.7 Å². The number of rotatable bonds is 8. The molecular formula is C23H21F2N5O4. The van der Waals surface area contributed by atoms with E-state index < -0.39 is 17.9 Å². The number of fused-ring (bicyclic) bond motifs is 1. The van der Waals surface area contributed by atoms with Gasteiger partial charge in [0.05, 0.1) is 31.9 Å². The van der Waals surface area contributed by atoms with Crippen molar-refractivity contribution in [1.29, 1.82) is 0 Å². The second kappa shape index (κ2) is 8.92. The van der Waals surface area contributed by atoms with Crippen molar-refractivity contribution in [3.8, 4) is 11.4 Å². The van der Waals surface area contributed by atoms with Crippen LogP contribution < -0.4 is 5.32 Å². The van der Waals surface area contributed by atoms with E-state index in [0.717, 1.165) is 5.56 Å². The van der Waals surface area contributed by atoms with Gasteiger partial charge in [-0.05, 0) is 31.0 Å². The predicted octanol–water partition coefficient (Wildman–Crippen LogP) is 3.42. The first kappa shape index (κ1) is 22.1. The number of aliphatic hydroxyl groups excluding tert-OH is 1. The molecule has 9 nitrogen and oxygen atoms in total. The van der Waals surface area contributed by atoms with Crippen LogP contribution in [0.5, 0.6) is 0 Å². The highest BCUT2D eigenvalue weighted by Crippen LogP contribution is 2.43. The molecule has 1 amide bonds. The summed E-state index contributed by atoms with van der Waals surface area (Å²) in [5, 5.41) is 15.5. The molecule has 1 aromatic carbocycles. The first-order chi connectivity index (χ1) is 16.5. The zero-order valence-electron chi connectivity index (χ0n) is 18.2. The summed E-state index contributed by atoms with van der Waals surface area (Å²) in [5.41, 5.74) is 2.30. The van der Waals surface area contributed by atoms with E-state index in [-0.39, 0.29) is 48.5 Å². The Hall–Kier alpha value is -3.70. The molecule has 176 valence electrons. The van der Waals surface area contributed by atoms with Crippen molar-refractivity contribution in [2.75, 3.05) is 18.5 Å². The van der Waals surface area contributed by atoms with Gasteiger partial charge in [0.25, 0.3) is 5.91 Å². The number of hydrogen-bond acceptors (Lipinski definition) is 7. The Morgan fingerprint density at radius 3 is 2.97 bits per heavy atom. The summed E-state index contributed by atoms with van der Waals surface area (Å²) < 4.78 is 39.8. The number of carbonyl (C=O) groups excluding carboxylic acids is 1. The number of amides is 1. The molecule has 34 heavy (non-hydrogen) atoms. The van der Waals surface area contributed by atoms with Crippen LogP contribution in [0.15, 0.2) is 41.2 Å². The molecule has 0 unspecified atom stereocenters. The van der Waals surface area contributed by atoms with Crippen LogP contribution in [0.2, 0.25) is 0 Å². The topological polar surface area (TPSA) is 115 Å². The first-order valence-electron chi connectivity index (χ1n) is 10.7. The number of aliphatic hydroxyl groups is 1. The smallest absolute Gasteiger partial charge is 0.274 e. The molecule has 1 aliphatic rings. The molecule has 0 saturated heterocycles. The van der Waals surface area contributed by atoms with Crippen LogP contribution in [0.3, 0.4) is 0 Å². The largest absolute Gasteiger partial charge is 0.394 e. The highest BCUT2D eigenvalue weighted by Gasteiger charge is 2.43. The maximum absolute atomic E-state index is 14.8. The third kappa shape index (κ3) is 4.15. The van der Waals surface area contributed by atoms with Crippen molar-refractivity contribution >= 4 is 17.2 Å². The molecule has 5 rings (SSSR count). The van der Waals surface area contributed by atoms with E-state index in [1.165, 1.54) is 22.9 Å². The Labute approximate surface area is 192 Å². The molecule has 1 saturated carbocycles. The number of halogens is 2. The number of aromatic nitrogens is 4. The molecule has 2 atom stereocenters. The van der Waals surface area contributed by atoms with E-state index >= 15 is 0 Å². The van der Waals surface area contributed by atoms with Crippen molar-refractivity contribution in [3.63, 3.8) is 0 Å². The minimum Gasteiger partial charge on any atom is -0.394 e. The minimum absolute atomic E-state index is 0.00806. The van der Waals surface area contributed by atoms with Gasteiger partial charge in [0.15, 0.2) is 11.5 Å². The molecule has 1 fully saturated rings. The fourth-order valence-electron chi connectivity index (χ4n) is 3.59. The average Bonchev–Trinajstić information content (AvgIpc) is 3.21. The van der Waals surface area contributed by atoms with Crippen LogP contribution in [0.4, 0.5) is 14.5 Å². The number of imidazole rings is 1.